The summed E-state index contributed by atoms with van der Waals surface area (Å²) in [7, 11) is -7.24. The quantitative estimate of drug-likeness (QED) is 0.596. The van der Waals surface area contributed by atoms with E-state index in [0.717, 1.165) is 10.6 Å². The van der Waals surface area contributed by atoms with Gasteiger partial charge in [0.15, 0.2) is 0 Å². The van der Waals surface area contributed by atoms with Crippen molar-refractivity contribution in [3.63, 3.8) is 0 Å². The van der Waals surface area contributed by atoms with Crippen molar-refractivity contribution in [2.45, 2.75) is 23.8 Å². The third-order valence-corrected chi connectivity index (χ3v) is 8.04. The molecule has 160 valence electrons. The van der Waals surface area contributed by atoms with E-state index in [-0.39, 0.29) is 48.6 Å². The Balaban J connectivity index is 1.73. The predicted molar refractivity (Wildman–Crippen MR) is 105 cm³/mol. The first-order valence-electron chi connectivity index (χ1n) is 9.20. The van der Waals surface area contributed by atoms with E-state index in [2.05, 4.69) is 10.6 Å². The van der Waals surface area contributed by atoms with Crippen LogP contribution in [0, 0.1) is 0 Å². The Hall–Kier alpha value is -2.02. The lowest BCUT2D eigenvalue weighted by Crippen LogP contribution is -2.50. The number of hydrogen-bond acceptors (Lipinski definition) is 6. The van der Waals surface area contributed by atoms with Crippen LogP contribution in [0.15, 0.2) is 29.2 Å². The fourth-order valence-electron chi connectivity index (χ4n) is 3.40. The summed E-state index contributed by atoms with van der Waals surface area (Å²) in [4.78, 5) is 24.1. The smallest absolute Gasteiger partial charge is 0.251 e. The Kier molecular flexibility index (Phi) is 6.27. The van der Waals surface area contributed by atoms with Crippen molar-refractivity contribution in [2.24, 2.45) is 0 Å². The number of rotatable bonds is 5. The van der Waals surface area contributed by atoms with Crippen LogP contribution in [0.5, 0.6) is 0 Å². The first-order valence-corrected chi connectivity index (χ1v) is 12.5. The zero-order valence-electron chi connectivity index (χ0n) is 16.0. The fourth-order valence-corrected chi connectivity index (χ4v) is 5.75. The lowest BCUT2D eigenvalue weighted by atomic mass is 10.1. The van der Waals surface area contributed by atoms with Crippen molar-refractivity contribution in [3.05, 3.63) is 29.8 Å². The van der Waals surface area contributed by atoms with Crippen molar-refractivity contribution in [1.82, 2.24) is 19.2 Å². The minimum Gasteiger partial charge on any atom is -0.354 e. The molecule has 2 heterocycles. The number of piperazine rings is 1. The molecule has 1 unspecified atom stereocenters. The van der Waals surface area contributed by atoms with E-state index in [9.17, 15) is 26.4 Å². The molecular formula is C17H24N4O6S2. The summed E-state index contributed by atoms with van der Waals surface area (Å²) in [6, 6.07) is 5.26. The van der Waals surface area contributed by atoms with Crippen molar-refractivity contribution in [3.8, 4) is 0 Å². The number of hydrogen-bond donors (Lipinski definition) is 2. The monoisotopic (exact) mass is 444 g/mol. The summed E-state index contributed by atoms with van der Waals surface area (Å²) in [6.07, 6.45) is 2.40. The molecule has 2 aliphatic rings. The Morgan fingerprint density at radius 2 is 1.93 bits per heavy atom. The molecule has 0 aliphatic carbocycles. The van der Waals surface area contributed by atoms with Crippen LogP contribution in [-0.4, -0.2) is 82.3 Å². The van der Waals surface area contributed by atoms with Gasteiger partial charge < -0.3 is 10.6 Å². The third kappa shape index (κ3) is 5.13. The van der Waals surface area contributed by atoms with Crippen LogP contribution in [0.2, 0.25) is 0 Å². The van der Waals surface area contributed by atoms with E-state index in [1.54, 1.807) is 0 Å². The maximum atomic E-state index is 12.8. The molecule has 0 spiro atoms. The molecule has 0 saturated carbocycles. The zero-order valence-corrected chi connectivity index (χ0v) is 17.6. The number of piperidine rings is 1. The molecule has 29 heavy (non-hydrogen) atoms. The standard InChI is InChI=1S/C17H24N4O6S2/c1-28(24,25)20-8-3-5-14(11-20)19-17(23)13-4-2-6-15(10-13)29(26,27)21-9-7-18-16(22)12-21/h2,4,6,10,14H,3,5,7-9,11-12H2,1H3,(H,18,22)(H,19,23). The summed E-state index contributed by atoms with van der Waals surface area (Å²) in [5.74, 6) is -0.847. The Bertz CT molecular complexity index is 1010. The molecule has 3 rings (SSSR count). The summed E-state index contributed by atoms with van der Waals surface area (Å²) in [5, 5.41) is 5.35. The van der Waals surface area contributed by atoms with E-state index >= 15 is 0 Å². The van der Waals surface area contributed by atoms with Gasteiger partial charge in [0, 0.05) is 37.8 Å². The molecule has 1 aromatic carbocycles. The summed E-state index contributed by atoms with van der Waals surface area (Å²) in [6.45, 7) is 0.737. The zero-order chi connectivity index (χ0) is 21.2. The normalized spacial score (nSPS) is 22.1. The molecule has 1 aromatic rings. The molecule has 2 fully saturated rings. The summed E-state index contributed by atoms with van der Waals surface area (Å²) < 4.78 is 51.4. The molecule has 2 N–H and O–H groups in total. The van der Waals surface area contributed by atoms with Crippen molar-refractivity contribution < 1.29 is 26.4 Å². The van der Waals surface area contributed by atoms with Crippen molar-refractivity contribution in [2.75, 3.05) is 39.0 Å². The number of benzene rings is 1. The molecule has 0 bridgehead atoms. The molecule has 2 saturated heterocycles. The van der Waals surface area contributed by atoms with Gasteiger partial charge in [-0.3, -0.25) is 9.59 Å². The van der Waals surface area contributed by atoms with Gasteiger partial charge in [0.25, 0.3) is 5.91 Å². The van der Waals surface area contributed by atoms with E-state index in [0.29, 0.717) is 19.4 Å². The molecule has 1 atom stereocenters. The number of sulfonamides is 2. The molecule has 12 heteroatoms. The van der Waals surface area contributed by atoms with E-state index < -0.39 is 26.0 Å². The number of nitrogens with zero attached hydrogens (tertiary/aromatic N) is 2. The fraction of sp³-hybridized carbons (Fsp3) is 0.529. The van der Waals surface area contributed by atoms with Crippen LogP contribution < -0.4 is 10.6 Å². The highest BCUT2D eigenvalue weighted by Crippen LogP contribution is 2.19. The Labute approximate surface area is 170 Å². The largest absolute Gasteiger partial charge is 0.354 e. The Morgan fingerprint density at radius 3 is 2.62 bits per heavy atom. The lowest BCUT2D eigenvalue weighted by Gasteiger charge is -2.31. The lowest BCUT2D eigenvalue weighted by molar-refractivity contribution is -0.122. The minimum absolute atomic E-state index is 0.0683. The van der Waals surface area contributed by atoms with Gasteiger partial charge in [-0.25, -0.2) is 21.1 Å². The predicted octanol–water partition coefficient (Wildman–Crippen LogP) is -1.04. The second-order valence-electron chi connectivity index (χ2n) is 7.15. The highest BCUT2D eigenvalue weighted by atomic mass is 32.2. The van der Waals surface area contributed by atoms with E-state index in [1.807, 2.05) is 0 Å². The van der Waals surface area contributed by atoms with E-state index in [1.165, 1.54) is 28.6 Å². The number of nitrogens with one attached hydrogen (secondary N) is 2. The van der Waals surface area contributed by atoms with Crippen LogP contribution >= 0.6 is 0 Å². The van der Waals surface area contributed by atoms with Gasteiger partial charge >= 0.3 is 0 Å². The van der Waals surface area contributed by atoms with Crippen LogP contribution in [0.3, 0.4) is 0 Å². The molecule has 2 aliphatic heterocycles. The molecule has 10 nitrogen and oxygen atoms in total. The SMILES string of the molecule is CS(=O)(=O)N1CCCC(NC(=O)c2cccc(S(=O)(=O)N3CCNC(=O)C3)c2)C1. The van der Waals surface area contributed by atoms with Gasteiger partial charge in [0.2, 0.25) is 26.0 Å². The van der Waals surface area contributed by atoms with Gasteiger partial charge in [-0.2, -0.15) is 4.31 Å². The van der Waals surface area contributed by atoms with Crippen molar-refractivity contribution in [1.29, 1.82) is 0 Å². The highest BCUT2D eigenvalue weighted by Gasteiger charge is 2.30. The molecule has 0 aromatic heterocycles. The average molecular weight is 445 g/mol. The van der Waals surface area contributed by atoms with Gasteiger partial charge in [-0.05, 0) is 31.0 Å². The third-order valence-electron chi connectivity index (χ3n) is 4.93. The average Bonchev–Trinajstić information content (AvgIpc) is 2.67. The van der Waals surface area contributed by atoms with Crippen LogP contribution in [0.4, 0.5) is 0 Å². The second-order valence-corrected chi connectivity index (χ2v) is 11.1. The van der Waals surface area contributed by atoms with E-state index in [4.69, 9.17) is 0 Å². The van der Waals surface area contributed by atoms with Gasteiger partial charge in [0.05, 0.1) is 17.7 Å². The first-order chi connectivity index (χ1) is 13.6. The van der Waals surface area contributed by atoms with Crippen LogP contribution in [0.25, 0.3) is 0 Å². The van der Waals surface area contributed by atoms with Crippen molar-refractivity contribution >= 4 is 31.9 Å². The number of carbonyl (C=O) groups excluding carboxylic acids is 2. The summed E-state index contributed by atoms with van der Waals surface area (Å²) >= 11 is 0. The van der Waals surface area contributed by atoms with Gasteiger partial charge in [-0.1, -0.05) is 6.07 Å². The number of amides is 2. The van der Waals surface area contributed by atoms with Crippen LogP contribution in [-0.2, 0) is 24.8 Å². The maximum absolute atomic E-state index is 12.8. The molecule has 2 amide bonds. The maximum Gasteiger partial charge on any atom is 0.251 e. The second kappa shape index (κ2) is 8.38. The highest BCUT2D eigenvalue weighted by molar-refractivity contribution is 7.89. The molecular weight excluding hydrogens is 420 g/mol. The Morgan fingerprint density at radius 1 is 1.17 bits per heavy atom. The van der Waals surface area contributed by atoms with Gasteiger partial charge in [-0.15, -0.1) is 0 Å². The minimum atomic E-state index is -3.91. The van der Waals surface area contributed by atoms with Crippen LogP contribution in [0.1, 0.15) is 23.2 Å². The number of carbonyl (C=O) groups is 2. The molecule has 0 radical (unpaired) electrons. The van der Waals surface area contributed by atoms with Gasteiger partial charge in [0.1, 0.15) is 0 Å². The topological polar surface area (TPSA) is 133 Å². The first kappa shape index (κ1) is 21.7. The summed E-state index contributed by atoms with van der Waals surface area (Å²) in [5.41, 5.74) is 0.156.